The van der Waals surface area contributed by atoms with E-state index >= 15 is 0 Å². The van der Waals surface area contributed by atoms with Gasteiger partial charge in [0.2, 0.25) is 35.6 Å². The number of rotatable bonds is 25. The van der Waals surface area contributed by atoms with Crippen molar-refractivity contribution in [2.24, 2.45) is 20.5 Å². The van der Waals surface area contributed by atoms with E-state index < -0.39 is 144 Å². The summed E-state index contributed by atoms with van der Waals surface area (Å²) in [5, 5.41) is 78.6. The van der Waals surface area contributed by atoms with Gasteiger partial charge in [-0.3, -0.25) is 50.9 Å². The zero-order valence-corrected chi connectivity index (χ0v) is 58.6. The SMILES string of the molecule is O=C(CCCCC(=O)NNc1nc(Nc2cc(S(O)(O)O)cc3cc(S(=O)(=O)[O-])c(N=Nc4ccc(C(=O)[O-])cc4)c(O)c23)nc(=O)[nH]1)NNc1nc(Nc2cc(S(=O)(=O)O)cc3cc(SOO[O-])c(N=Nc4ccc(C(=O)[O-])cc4)c(O)c23)nc(=O)[nH]1.[Na+].[Na+].[Na+].[Na+]. The van der Waals surface area contributed by atoms with Gasteiger partial charge >= 0.3 is 130 Å². The fourth-order valence-corrected chi connectivity index (χ4v) is 9.90. The van der Waals surface area contributed by atoms with Gasteiger partial charge in [0.25, 0.3) is 10.1 Å². The van der Waals surface area contributed by atoms with E-state index in [0.717, 1.165) is 66.7 Å². The number of carboxylic acid groups (broad SMARTS) is 2. The molecule has 92 heavy (non-hydrogen) atoms. The van der Waals surface area contributed by atoms with E-state index in [9.17, 15) is 94.0 Å². The number of hydrogen-bond acceptors (Lipinski definition) is 34. The van der Waals surface area contributed by atoms with Gasteiger partial charge in [-0.1, -0.05) is 24.3 Å². The van der Waals surface area contributed by atoms with Crippen LogP contribution in [0.1, 0.15) is 46.4 Å². The van der Waals surface area contributed by atoms with Crippen LogP contribution in [0.25, 0.3) is 21.5 Å². The number of carboxylic acids is 2. The maximum Gasteiger partial charge on any atom is 1.00 e. The van der Waals surface area contributed by atoms with Crippen molar-refractivity contribution < 1.29 is 212 Å². The first-order valence-corrected chi connectivity index (χ1v) is 29.0. The van der Waals surface area contributed by atoms with Crippen LogP contribution < -0.4 is 177 Å². The normalized spacial score (nSPS) is 11.6. The first kappa shape index (κ1) is 78.1. The second kappa shape index (κ2) is 33.6. The van der Waals surface area contributed by atoms with Crippen LogP contribution in [0.2, 0.25) is 0 Å². The van der Waals surface area contributed by atoms with E-state index in [1.807, 2.05) is 0 Å². The summed E-state index contributed by atoms with van der Waals surface area (Å²) in [5.41, 5.74) is 4.23. The molecule has 0 bridgehead atoms. The topological polar surface area (TPSA) is 608 Å². The summed E-state index contributed by atoms with van der Waals surface area (Å²) in [6.45, 7) is 0. The minimum absolute atomic E-state index is 0. The summed E-state index contributed by atoms with van der Waals surface area (Å²) >= 11 is 0.203. The molecule has 0 fully saturated rings. The molecule has 2 heterocycles. The Morgan fingerprint density at radius 1 is 0.587 bits per heavy atom. The Bertz CT molecular complexity index is 4540. The number of benzene rings is 6. The molecule has 38 nitrogen and oxygen atoms in total. The van der Waals surface area contributed by atoms with E-state index in [2.05, 4.69) is 92.1 Å². The van der Waals surface area contributed by atoms with E-state index in [4.69, 9.17) is 0 Å². The van der Waals surface area contributed by atoms with Crippen LogP contribution in [0.5, 0.6) is 11.5 Å². The van der Waals surface area contributed by atoms with Gasteiger partial charge in [-0.05, 0) is 95.4 Å². The van der Waals surface area contributed by atoms with Gasteiger partial charge in [0, 0.05) is 23.6 Å². The number of H-pyrrole nitrogens is 2. The smallest absolute Gasteiger partial charge is 0.744 e. The molecule has 0 aliphatic heterocycles. The molecule has 0 saturated carbocycles. The Hall–Kier alpha value is -6.38. The summed E-state index contributed by atoms with van der Waals surface area (Å²) < 4.78 is 107. The molecule has 2 amide bonds. The van der Waals surface area contributed by atoms with Crippen LogP contribution in [-0.4, -0.2) is 103 Å². The van der Waals surface area contributed by atoms with Gasteiger partial charge in [0.15, 0.2) is 11.5 Å². The number of nitrogens with zero attached hydrogens (tertiary/aromatic N) is 8. The zero-order chi connectivity index (χ0) is 63.8. The number of phenols is 2. The molecule has 46 heteroatoms. The quantitative estimate of drug-likeness (QED) is 0.00481. The number of aromatic hydroxyl groups is 2. The summed E-state index contributed by atoms with van der Waals surface area (Å²) in [5.74, 6) is -8.48. The van der Waals surface area contributed by atoms with E-state index in [1.165, 1.54) is 12.1 Å². The van der Waals surface area contributed by atoms with Crippen LogP contribution in [-0.2, 0) is 39.2 Å². The minimum Gasteiger partial charge on any atom is -0.744 e. The summed E-state index contributed by atoms with van der Waals surface area (Å²) in [7, 11) is -15.1. The largest absolute Gasteiger partial charge is 1.00 e. The van der Waals surface area contributed by atoms with Crippen molar-refractivity contribution in [3.8, 4) is 11.5 Å². The number of azo groups is 2. The number of hydrazine groups is 2. The maximum atomic E-state index is 12.8. The van der Waals surface area contributed by atoms with Crippen molar-refractivity contribution in [3.63, 3.8) is 0 Å². The second-order valence-corrected chi connectivity index (χ2v) is 22.5. The van der Waals surface area contributed by atoms with Crippen molar-refractivity contribution in [1.82, 2.24) is 40.8 Å². The first-order chi connectivity index (χ1) is 41.5. The summed E-state index contributed by atoms with van der Waals surface area (Å²) in [6, 6.07) is 14.3. The van der Waals surface area contributed by atoms with Crippen LogP contribution in [0.4, 0.5) is 57.9 Å². The fraction of sp³-hybridized carbons (Fsp3) is 0.0870. The van der Waals surface area contributed by atoms with Crippen molar-refractivity contribution >= 4 is 146 Å². The number of hydrogen-bond donors (Lipinski definition) is 14. The van der Waals surface area contributed by atoms with Crippen molar-refractivity contribution in [2.45, 2.75) is 45.3 Å². The molecule has 8 aromatic rings. The number of nitrogens with one attached hydrogen (secondary N) is 8. The van der Waals surface area contributed by atoms with Gasteiger partial charge in [-0.15, -0.1) is 10.2 Å². The Labute approximate surface area is 608 Å². The molecule has 0 radical (unpaired) electrons. The maximum absolute atomic E-state index is 12.8. The summed E-state index contributed by atoms with van der Waals surface area (Å²) in [6.07, 6.45) is -0.390. The van der Waals surface area contributed by atoms with Crippen LogP contribution >= 0.6 is 22.9 Å². The molecule has 14 N–H and O–H groups in total. The molecular weight excluding hydrogens is 1350 g/mol. The van der Waals surface area contributed by atoms with Gasteiger partial charge < -0.3 is 64.1 Å². The second-order valence-electron chi connectivity index (χ2n) is 17.5. The van der Waals surface area contributed by atoms with Gasteiger partial charge in [-0.25, -0.2) is 18.0 Å². The fourth-order valence-electron chi connectivity index (χ4n) is 7.66. The molecule has 8 rings (SSSR count). The standard InChI is InChI=1S/C46H40N16O22S4.4Na/c63-31(57-61-43-49-41(51-45(71)53-43)47-27-17-25(86(74,75)76)13-21-15-29(85-84-83-73)35(37(65)33(21)27)59-55-23-9-5-19(6-10-23)39(67)68)3-1-2-4-32(64)58-62-44-50-42(52-46(72)54-44)48-28-18-26(87(77,78)79)14-22-16-30(88(80,81)82)36(38(66)34(22)28)60-56-24-11-7-20(8-12-24)40(69)70;;;;/h5-18,65-66,73,77-79H,1-4H2,(H,57,63)(H,58,64)(H,67,68)(H,69,70)(H,74,75,76)(H,80,81,82)(H3,47,49,51,53,61,71)(H3,48,50,52,54,62,72);;;;/q;4*+1/p-4. The van der Waals surface area contributed by atoms with Gasteiger partial charge in [-0.2, -0.15) is 42.9 Å². The molecule has 0 aliphatic rings. The Balaban J connectivity index is 0.00000451. The molecule has 460 valence electrons. The molecule has 6 aromatic carbocycles. The number of anilines is 6. The molecule has 0 unspecified atom stereocenters. The Kier molecular flexibility index (Phi) is 28.5. The third kappa shape index (κ3) is 20.6. The monoisotopic (exact) mass is 1380 g/mol. The number of unbranched alkanes of at least 4 members (excludes halogenated alkanes) is 1. The number of aromatic amines is 2. The Morgan fingerprint density at radius 2 is 1.01 bits per heavy atom. The van der Waals surface area contributed by atoms with E-state index in [0.29, 0.717) is 6.07 Å². The number of aromatic nitrogens is 6. The van der Waals surface area contributed by atoms with Crippen LogP contribution in [0, 0.1) is 0 Å². The van der Waals surface area contributed by atoms with E-state index in [1.54, 1.807) is 0 Å². The van der Waals surface area contributed by atoms with Crippen molar-refractivity contribution in [3.05, 3.63) is 117 Å². The molecule has 0 spiro atoms. The molecule has 0 atom stereocenters. The molecule has 2 aromatic heterocycles. The van der Waals surface area contributed by atoms with Gasteiger partial charge in [0.05, 0.1) is 66.3 Å². The third-order valence-electron chi connectivity index (χ3n) is 11.5. The number of phenolic OH excluding ortho intramolecular Hbond substituents is 2. The summed E-state index contributed by atoms with van der Waals surface area (Å²) in [4.78, 5) is 90.1. The van der Waals surface area contributed by atoms with Crippen molar-refractivity contribution in [1.29, 1.82) is 0 Å². The zero-order valence-electron chi connectivity index (χ0n) is 47.3. The number of carbonyl (C=O) groups is 4. The molecular formula is C46H36N16Na4O22S4. The predicted octanol–water partition coefficient (Wildman–Crippen LogP) is -9.47. The van der Waals surface area contributed by atoms with E-state index in [-0.39, 0.29) is 200 Å². The number of fused-ring (bicyclic) bond motifs is 2. The van der Waals surface area contributed by atoms with Crippen LogP contribution in [0.3, 0.4) is 0 Å². The van der Waals surface area contributed by atoms with Crippen LogP contribution in [0.15, 0.2) is 135 Å². The first-order valence-electron chi connectivity index (χ1n) is 23.9. The third-order valence-corrected chi connectivity index (χ3v) is 14.7. The average Bonchev–Trinajstić information content (AvgIpc) is 0.784. The average molecular weight is 1390 g/mol. The minimum atomic E-state index is -5.51. The predicted molar refractivity (Wildman–Crippen MR) is 295 cm³/mol. The van der Waals surface area contributed by atoms with Crippen molar-refractivity contribution in [2.75, 3.05) is 21.5 Å². The molecule has 0 aliphatic carbocycles. The number of aromatic carboxylic acids is 2. The molecule has 0 saturated heterocycles. The Morgan fingerprint density at radius 3 is 1.43 bits per heavy atom. The van der Waals surface area contributed by atoms with Gasteiger partial charge in [0.1, 0.15) is 32.4 Å². The number of amides is 2. The number of carbonyl (C=O) groups excluding carboxylic acids is 4.